The fourth-order valence-electron chi connectivity index (χ4n) is 4.02. The van der Waals surface area contributed by atoms with Gasteiger partial charge < -0.3 is 10.1 Å². The number of aryl methyl sites for hydroxylation is 1. The Morgan fingerprint density at radius 1 is 1.03 bits per heavy atom. The lowest BCUT2D eigenvalue weighted by Gasteiger charge is -2.20. The minimum atomic E-state index is -0.203. The van der Waals surface area contributed by atoms with E-state index in [4.69, 9.17) is 4.74 Å². The van der Waals surface area contributed by atoms with Crippen LogP contribution >= 0.6 is 0 Å². The molecule has 3 rings (SSSR count). The second-order valence-electron chi connectivity index (χ2n) is 8.64. The zero-order chi connectivity index (χ0) is 23.1. The third-order valence-electron chi connectivity index (χ3n) is 5.63. The zero-order valence-corrected chi connectivity index (χ0v) is 19.9. The molecule has 0 radical (unpaired) electrons. The molecule has 1 N–H and O–H groups in total. The summed E-state index contributed by atoms with van der Waals surface area (Å²) in [5, 5.41) is 7.92. The Bertz CT molecular complexity index is 1010. The minimum Gasteiger partial charge on any atom is -0.494 e. The maximum absolute atomic E-state index is 13.0. The number of nitrogens with one attached hydrogen (secondary N) is 1. The molecule has 0 aliphatic carbocycles. The van der Waals surface area contributed by atoms with Crippen molar-refractivity contribution >= 4 is 5.91 Å². The molecule has 170 valence electrons. The van der Waals surface area contributed by atoms with Crippen molar-refractivity contribution in [1.82, 2.24) is 15.1 Å². The van der Waals surface area contributed by atoms with Gasteiger partial charge in [0.05, 0.1) is 18.3 Å². The molecule has 0 fully saturated rings. The van der Waals surface area contributed by atoms with E-state index in [2.05, 4.69) is 35.9 Å². The number of rotatable bonds is 10. The molecule has 2 aromatic carbocycles. The summed E-state index contributed by atoms with van der Waals surface area (Å²) in [6.45, 7) is 12.0. The van der Waals surface area contributed by atoms with Crippen molar-refractivity contribution in [2.75, 3.05) is 6.61 Å². The van der Waals surface area contributed by atoms with E-state index in [1.807, 2.05) is 68.4 Å². The molecule has 1 heterocycles. The molecule has 1 aromatic heterocycles. The van der Waals surface area contributed by atoms with Crippen LogP contribution in [-0.2, 0) is 17.8 Å². The van der Waals surface area contributed by atoms with Crippen molar-refractivity contribution in [1.29, 1.82) is 0 Å². The van der Waals surface area contributed by atoms with E-state index in [0.29, 0.717) is 25.4 Å². The lowest BCUT2D eigenvalue weighted by molar-refractivity contribution is -0.121. The van der Waals surface area contributed by atoms with Gasteiger partial charge in [0.1, 0.15) is 5.75 Å². The van der Waals surface area contributed by atoms with Gasteiger partial charge in [-0.25, -0.2) is 0 Å². The maximum Gasteiger partial charge on any atom is 0.221 e. The Morgan fingerprint density at radius 2 is 1.69 bits per heavy atom. The molecule has 0 saturated carbocycles. The SMILES string of the molecule is CCOc1ccc(C(NC(=O)CCc2c(C)nn(CC(C)C)c2C)c2ccccc2)cc1. The largest absolute Gasteiger partial charge is 0.494 e. The van der Waals surface area contributed by atoms with Gasteiger partial charge >= 0.3 is 0 Å². The fourth-order valence-corrected chi connectivity index (χ4v) is 4.02. The van der Waals surface area contributed by atoms with Gasteiger partial charge in [-0.1, -0.05) is 56.3 Å². The average Bonchev–Trinajstić information content (AvgIpc) is 3.04. The van der Waals surface area contributed by atoms with E-state index in [9.17, 15) is 4.79 Å². The Hall–Kier alpha value is -3.08. The monoisotopic (exact) mass is 433 g/mol. The predicted octanol–water partition coefficient (Wildman–Crippen LogP) is 5.39. The highest BCUT2D eigenvalue weighted by Gasteiger charge is 2.19. The van der Waals surface area contributed by atoms with E-state index in [0.717, 1.165) is 34.8 Å². The molecule has 5 heteroatoms. The zero-order valence-electron chi connectivity index (χ0n) is 19.9. The number of aromatic nitrogens is 2. The van der Waals surface area contributed by atoms with Crippen LogP contribution in [-0.4, -0.2) is 22.3 Å². The smallest absolute Gasteiger partial charge is 0.221 e. The van der Waals surface area contributed by atoms with Crippen molar-refractivity contribution in [3.8, 4) is 5.75 Å². The van der Waals surface area contributed by atoms with E-state index < -0.39 is 0 Å². The molecule has 1 unspecified atom stereocenters. The number of carbonyl (C=O) groups excluding carboxylic acids is 1. The first-order valence-electron chi connectivity index (χ1n) is 11.5. The van der Waals surface area contributed by atoms with Crippen molar-refractivity contribution in [2.24, 2.45) is 5.92 Å². The second-order valence-corrected chi connectivity index (χ2v) is 8.64. The van der Waals surface area contributed by atoms with E-state index in [1.54, 1.807) is 0 Å². The first-order chi connectivity index (χ1) is 15.4. The lowest BCUT2D eigenvalue weighted by atomic mass is 9.98. The van der Waals surface area contributed by atoms with Gasteiger partial charge in [0, 0.05) is 18.7 Å². The fraction of sp³-hybridized carbons (Fsp3) is 0.407. The van der Waals surface area contributed by atoms with Crippen LogP contribution in [0.1, 0.15) is 61.3 Å². The van der Waals surface area contributed by atoms with Gasteiger partial charge in [0.2, 0.25) is 5.91 Å². The topological polar surface area (TPSA) is 56.1 Å². The molecule has 32 heavy (non-hydrogen) atoms. The highest BCUT2D eigenvalue weighted by Crippen LogP contribution is 2.25. The van der Waals surface area contributed by atoms with Crippen LogP contribution in [0.4, 0.5) is 0 Å². The summed E-state index contributed by atoms with van der Waals surface area (Å²) in [6.07, 6.45) is 1.11. The van der Waals surface area contributed by atoms with Gasteiger partial charge in [-0.2, -0.15) is 5.10 Å². The van der Waals surface area contributed by atoms with E-state index >= 15 is 0 Å². The molecule has 0 bridgehead atoms. The normalized spacial score (nSPS) is 12.1. The van der Waals surface area contributed by atoms with Crippen LogP contribution in [0.2, 0.25) is 0 Å². The van der Waals surface area contributed by atoms with Crippen molar-refractivity contribution in [3.05, 3.63) is 82.7 Å². The number of benzene rings is 2. The summed E-state index contributed by atoms with van der Waals surface area (Å²) >= 11 is 0. The predicted molar refractivity (Wildman–Crippen MR) is 129 cm³/mol. The van der Waals surface area contributed by atoms with E-state index in [1.165, 1.54) is 5.56 Å². The lowest BCUT2D eigenvalue weighted by Crippen LogP contribution is -2.29. The first kappa shape index (κ1) is 23.6. The van der Waals surface area contributed by atoms with Crippen LogP contribution in [0.5, 0.6) is 5.75 Å². The van der Waals surface area contributed by atoms with Crippen LogP contribution in [0, 0.1) is 19.8 Å². The summed E-state index contributed by atoms with van der Waals surface area (Å²) < 4.78 is 7.64. The van der Waals surface area contributed by atoms with Gasteiger partial charge in [0.15, 0.2) is 0 Å². The van der Waals surface area contributed by atoms with Gasteiger partial charge in [-0.05, 0) is 61.9 Å². The quantitative estimate of drug-likeness (QED) is 0.466. The molecule has 5 nitrogen and oxygen atoms in total. The average molecular weight is 434 g/mol. The first-order valence-corrected chi connectivity index (χ1v) is 11.5. The minimum absolute atomic E-state index is 0.0307. The van der Waals surface area contributed by atoms with Crippen LogP contribution in [0.3, 0.4) is 0 Å². The summed E-state index contributed by atoms with van der Waals surface area (Å²) in [4.78, 5) is 13.0. The second kappa shape index (κ2) is 11.0. The maximum atomic E-state index is 13.0. The summed E-state index contributed by atoms with van der Waals surface area (Å²) in [7, 11) is 0. The molecule has 0 spiro atoms. The van der Waals surface area contributed by atoms with Gasteiger partial charge in [0.25, 0.3) is 0 Å². The standard InChI is InChI=1S/C27H35N3O2/c1-6-32-24-14-12-23(13-15-24)27(22-10-8-7-9-11-22)28-26(31)17-16-25-20(4)29-30(21(25)5)18-19(2)3/h7-15,19,27H,6,16-18H2,1-5H3,(H,28,31). The van der Waals surface area contributed by atoms with E-state index in [-0.39, 0.29) is 11.9 Å². The Morgan fingerprint density at radius 3 is 2.31 bits per heavy atom. The number of carbonyl (C=O) groups is 1. The summed E-state index contributed by atoms with van der Waals surface area (Å²) in [5.74, 6) is 1.40. The summed E-state index contributed by atoms with van der Waals surface area (Å²) in [6, 6.07) is 17.8. The van der Waals surface area contributed by atoms with Crippen LogP contribution < -0.4 is 10.1 Å². The molecule has 0 saturated heterocycles. The highest BCUT2D eigenvalue weighted by atomic mass is 16.5. The third-order valence-corrected chi connectivity index (χ3v) is 5.63. The number of ether oxygens (including phenoxy) is 1. The molecule has 1 amide bonds. The molecular weight excluding hydrogens is 398 g/mol. The number of amides is 1. The summed E-state index contributed by atoms with van der Waals surface area (Å²) in [5.41, 5.74) is 5.45. The molecule has 0 aliphatic heterocycles. The van der Waals surface area contributed by atoms with Gasteiger partial charge in [-0.15, -0.1) is 0 Å². The Kier molecular flexibility index (Phi) is 8.09. The van der Waals surface area contributed by atoms with Crippen molar-refractivity contribution in [2.45, 2.75) is 60.0 Å². The molecular formula is C27H35N3O2. The van der Waals surface area contributed by atoms with Crippen molar-refractivity contribution in [3.63, 3.8) is 0 Å². The highest BCUT2D eigenvalue weighted by molar-refractivity contribution is 5.77. The number of hydrogen-bond acceptors (Lipinski definition) is 3. The van der Waals surface area contributed by atoms with Crippen molar-refractivity contribution < 1.29 is 9.53 Å². The van der Waals surface area contributed by atoms with Crippen LogP contribution in [0.25, 0.3) is 0 Å². The third kappa shape index (κ3) is 6.00. The Balaban J connectivity index is 1.73. The Labute approximate surface area is 191 Å². The number of nitrogens with zero attached hydrogens (tertiary/aromatic N) is 2. The number of hydrogen-bond donors (Lipinski definition) is 1. The molecule has 3 aromatic rings. The molecule has 1 atom stereocenters. The van der Waals surface area contributed by atoms with Gasteiger partial charge in [-0.3, -0.25) is 9.48 Å². The molecule has 0 aliphatic rings. The van der Waals surface area contributed by atoms with Crippen LogP contribution in [0.15, 0.2) is 54.6 Å².